The molecule has 0 aliphatic carbocycles. The lowest BCUT2D eigenvalue weighted by atomic mass is 9.83. The number of amides is 2. The maximum Gasteiger partial charge on any atom is 0.274 e. The molecule has 2 aromatic heterocycles. The summed E-state index contributed by atoms with van der Waals surface area (Å²) in [6.45, 7) is 2.01. The van der Waals surface area contributed by atoms with E-state index in [4.69, 9.17) is 5.11 Å². The number of fused-ring (bicyclic) bond motifs is 2. The summed E-state index contributed by atoms with van der Waals surface area (Å²) in [5.74, 6) is 0.451. The van der Waals surface area contributed by atoms with Crippen molar-refractivity contribution in [3.05, 3.63) is 36.2 Å². The number of aliphatic hydroxyl groups is 1. The Labute approximate surface area is 152 Å². The third-order valence-corrected chi connectivity index (χ3v) is 5.58. The first-order valence-electron chi connectivity index (χ1n) is 9.31. The van der Waals surface area contributed by atoms with Gasteiger partial charge in [-0.1, -0.05) is 6.07 Å². The average molecular weight is 356 g/mol. The van der Waals surface area contributed by atoms with Gasteiger partial charge in [-0.2, -0.15) is 5.10 Å². The molecule has 2 aromatic rings. The number of carbonyl (C=O) groups is 2. The summed E-state index contributed by atoms with van der Waals surface area (Å²) in [6, 6.07) is 7.76. The second kappa shape index (κ2) is 7.07. The van der Waals surface area contributed by atoms with E-state index in [1.165, 1.54) is 0 Å². The van der Waals surface area contributed by atoms with Gasteiger partial charge in [0, 0.05) is 44.9 Å². The number of aliphatic hydroxyl groups excluding tert-OH is 1. The van der Waals surface area contributed by atoms with Gasteiger partial charge in [0.25, 0.3) is 5.91 Å². The van der Waals surface area contributed by atoms with Crippen molar-refractivity contribution in [3.8, 4) is 0 Å². The topological polar surface area (TPSA) is 78.2 Å². The highest BCUT2D eigenvalue weighted by molar-refractivity contribution is 5.93. The van der Waals surface area contributed by atoms with E-state index in [0.717, 1.165) is 18.4 Å². The van der Waals surface area contributed by atoms with E-state index in [1.807, 2.05) is 40.3 Å². The quantitative estimate of drug-likeness (QED) is 0.892. The maximum absolute atomic E-state index is 12.9. The van der Waals surface area contributed by atoms with Gasteiger partial charge in [-0.3, -0.25) is 9.59 Å². The third-order valence-electron chi connectivity index (χ3n) is 5.58. The van der Waals surface area contributed by atoms with Crippen LogP contribution in [-0.2, 0) is 4.79 Å². The number of nitrogens with zero attached hydrogens (tertiary/aromatic N) is 4. The van der Waals surface area contributed by atoms with Crippen molar-refractivity contribution in [2.24, 2.45) is 5.92 Å². The third kappa shape index (κ3) is 3.07. The molecule has 0 saturated carbocycles. The fourth-order valence-electron chi connectivity index (χ4n) is 4.27. The molecule has 1 N–H and O–H groups in total. The van der Waals surface area contributed by atoms with Crippen LogP contribution in [0.25, 0.3) is 5.52 Å². The second-order valence-electron chi connectivity index (χ2n) is 7.17. The Morgan fingerprint density at radius 1 is 1.31 bits per heavy atom. The zero-order chi connectivity index (χ0) is 18.1. The maximum atomic E-state index is 12.9. The van der Waals surface area contributed by atoms with Gasteiger partial charge in [0.1, 0.15) is 0 Å². The van der Waals surface area contributed by atoms with Crippen LogP contribution in [0.4, 0.5) is 0 Å². The Bertz CT molecular complexity index is 785. The number of hydrogen-bond donors (Lipinski definition) is 1. The number of pyridine rings is 1. The lowest BCUT2D eigenvalue weighted by molar-refractivity contribution is -0.140. The molecule has 0 spiro atoms. The van der Waals surface area contributed by atoms with Crippen molar-refractivity contribution in [3.63, 3.8) is 0 Å². The minimum absolute atomic E-state index is 0.0361. The van der Waals surface area contributed by atoms with Crippen molar-refractivity contribution in [2.45, 2.75) is 31.7 Å². The van der Waals surface area contributed by atoms with Crippen LogP contribution in [0, 0.1) is 5.92 Å². The average Bonchev–Trinajstić information content (AvgIpc) is 3.10. The van der Waals surface area contributed by atoms with E-state index in [9.17, 15) is 9.59 Å². The molecule has 2 atom stereocenters. The van der Waals surface area contributed by atoms with Gasteiger partial charge in [-0.05, 0) is 43.4 Å². The van der Waals surface area contributed by atoms with E-state index in [0.29, 0.717) is 44.1 Å². The predicted octanol–water partition coefficient (Wildman–Crippen LogP) is 1.17. The van der Waals surface area contributed by atoms with Crippen molar-refractivity contribution in [1.82, 2.24) is 19.4 Å². The minimum Gasteiger partial charge on any atom is -0.396 e. The van der Waals surface area contributed by atoms with Crippen molar-refractivity contribution >= 4 is 17.3 Å². The molecule has 0 unspecified atom stereocenters. The summed E-state index contributed by atoms with van der Waals surface area (Å²) >= 11 is 0. The van der Waals surface area contributed by atoms with Crippen LogP contribution in [0.15, 0.2) is 30.5 Å². The monoisotopic (exact) mass is 356 g/mol. The molecular weight excluding hydrogens is 332 g/mol. The lowest BCUT2D eigenvalue weighted by Gasteiger charge is -2.47. The molecular formula is C19H24N4O3. The molecule has 7 heteroatoms. The van der Waals surface area contributed by atoms with Gasteiger partial charge in [0.05, 0.1) is 5.52 Å². The largest absolute Gasteiger partial charge is 0.396 e. The molecule has 138 valence electrons. The molecule has 2 fully saturated rings. The SMILES string of the molecule is O=C(c1cc2ccccn2n1)N1CC[C@@H]2[C@@H](CCC(=O)N2CCCO)C1. The first-order valence-corrected chi connectivity index (χ1v) is 9.31. The highest BCUT2D eigenvalue weighted by Gasteiger charge is 2.40. The Balaban J connectivity index is 1.47. The van der Waals surface area contributed by atoms with Crippen LogP contribution in [0.3, 0.4) is 0 Å². The Kier molecular flexibility index (Phi) is 4.63. The first kappa shape index (κ1) is 17.0. The minimum atomic E-state index is -0.0361. The fourth-order valence-corrected chi connectivity index (χ4v) is 4.27. The number of likely N-dealkylation sites (tertiary alicyclic amines) is 2. The second-order valence-corrected chi connectivity index (χ2v) is 7.17. The van der Waals surface area contributed by atoms with Gasteiger partial charge in [-0.25, -0.2) is 4.52 Å². The highest BCUT2D eigenvalue weighted by Crippen LogP contribution is 2.32. The molecule has 2 aliphatic heterocycles. The highest BCUT2D eigenvalue weighted by atomic mass is 16.3. The summed E-state index contributed by atoms with van der Waals surface area (Å²) in [4.78, 5) is 28.9. The van der Waals surface area contributed by atoms with Gasteiger partial charge >= 0.3 is 0 Å². The number of carbonyl (C=O) groups excluding carboxylic acids is 2. The number of piperidine rings is 2. The van der Waals surface area contributed by atoms with Gasteiger partial charge in [-0.15, -0.1) is 0 Å². The molecule has 0 bridgehead atoms. The molecule has 7 nitrogen and oxygen atoms in total. The molecule has 2 saturated heterocycles. The van der Waals surface area contributed by atoms with Crippen LogP contribution in [0.2, 0.25) is 0 Å². The fraction of sp³-hybridized carbons (Fsp3) is 0.526. The normalized spacial score (nSPS) is 23.3. The van der Waals surface area contributed by atoms with Crippen molar-refractivity contribution in [2.75, 3.05) is 26.2 Å². The zero-order valence-electron chi connectivity index (χ0n) is 14.8. The van der Waals surface area contributed by atoms with Crippen LogP contribution in [0.5, 0.6) is 0 Å². The predicted molar refractivity (Wildman–Crippen MR) is 95.6 cm³/mol. The van der Waals surface area contributed by atoms with E-state index >= 15 is 0 Å². The molecule has 0 radical (unpaired) electrons. The summed E-state index contributed by atoms with van der Waals surface area (Å²) in [5, 5.41) is 13.5. The van der Waals surface area contributed by atoms with Crippen LogP contribution < -0.4 is 0 Å². The van der Waals surface area contributed by atoms with Crippen molar-refractivity contribution < 1.29 is 14.7 Å². The van der Waals surface area contributed by atoms with Crippen molar-refractivity contribution in [1.29, 1.82) is 0 Å². The smallest absolute Gasteiger partial charge is 0.274 e. The summed E-state index contributed by atoms with van der Waals surface area (Å²) in [5.41, 5.74) is 1.38. The summed E-state index contributed by atoms with van der Waals surface area (Å²) in [7, 11) is 0. The molecule has 0 aromatic carbocycles. The van der Waals surface area contributed by atoms with E-state index < -0.39 is 0 Å². The lowest BCUT2D eigenvalue weighted by Crippen LogP contribution is -2.57. The molecule has 4 heterocycles. The van der Waals surface area contributed by atoms with Gasteiger partial charge in [0.2, 0.25) is 5.91 Å². The van der Waals surface area contributed by atoms with Crippen LogP contribution >= 0.6 is 0 Å². The Morgan fingerprint density at radius 2 is 2.19 bits per heavy atom. The Hall–Kier alpha value is -2.41. The number of hydrogen-bond acceptors (Lipinski definition) is 4. The van der Waals surface area contributed by atoms with E-state index in [-0.39, 0.29) is 24.5 Å². The number of aromatic nitrogens is 2. The van der Waals surface area contributed by atoms with E-state index in [1.54, 1.807) is 4.52 Å². The molecule has 4 rings (SSSR count). The molecule has 2 aliphatic rings. The van der Waals surface area contributed by atoms with E-state index in [2.05, 4.69) is 5.10 Å². The van der Waals surface area contributed by atoms with Crippen LogP contribution in [-0.4, -0.2) is 68.6 Å². The standard InChI is InChI=1S/C19H24N4O3/c24-11-3-8-22-17-7-10-21(13-14(17)5-6-18(22)25)19(26)16-12-15-4-1-2-9-23(15)20-16/h1-2,4,9,12,14,17,24H,3,5-8,10-11,13H2/t14-,17+/m0/s1. The van der Waals surface area contributed by atoms with Crippen LogP contribution in [0.1, 0.15) is 36.2 Å². The summed E-state index contributed by atoms with van der Waals surface area (Å²) in [6.07, 6.45) is 4.60. The molecule has 2 amide bonds. The zero-order valence-corrected chi connectivity index (χ0v) is 14.8. The summed E-state index contributed by atoms with van der Waals surface area (Å²) < 4.78 is 1.72. The first-order chi connectivity index (χ1) is 12.7. The van der Waals surface area contributed by atoms with Gasteiger partial charge in [0.15, 0.2) is 5.69 Å². The number of rotatable bonds is 4. The van der Waals surface area contributed by atoms with Gasteiger partial charge < -0.3 is 14.9 Å². The molecule has 26 heavy (non-hydrogen) atoms. The Morgan fingerprint density at radius 3 is 3.00 bits per heavy atom.